The Morgan fingerprint density at radius 3 is 1.35 bits per heavy atom. The van der Waals surface area contributed by atoms with Gasteiger partial charge in [0.1, 0.15) is 0 Å². The molecule has 0 aliphatic heterocycles. The summed E-state index contributed by atoms with van der Waals surface area (Å²) in [5.74, 6) is 0. The lowest BCUT2D eigenvalue weighted by Crippen LogP contribution is -3.05. The number of hydrogen-bond donors (Lipinski definition) is 1. The van der Waals surface area contributed by atoms with Crippen LogP contribution in [-0.4, -0.2) is 20.6 Å². The van der Waals surface area contributed by atoms with E-state index in [1.54, 1.807) is 0 Å². The standard InChI is InChI=1S/C21H43N.BrH/c1-4-5-6-7-8-9-10-11-12-13-14-15-16-17-18-19-20-21-22(2)3;/h19-20H,4-18,21H2,1-3H3;1H. The molecule has 0 bridgehead atoms. The van der Waals surface area contributed by atoms with Crippen molar-refractivity contribution >= 4 is 0 Å². The van der Waals surface area contributed by atoms with E-state index in [1.165, 1.54) is 108 Å². The molecule has 0 aromatic heterocycles. The largest absolute Gasteiger partial charge is 1.00 e. The fourth-order valence-electron chi connectivity index (χ4n) is 2.89. The smallest absolute Gasteiger partial charge is 0.0953 e. The van der Waals surface area contributed by atoms with Gasteiger partial charge in [0.2, 0.25) is 0 Å². The maximum absolute atomic E-state index is 2.37. The first kappa shape index (κ1) is 25.4. The Kier molecular flexibility index (Phi) is 24.5. The quantitative estimate of drug-likeness (QED) is 0.288. The molecule has 0 aliphatic carbocycles. The Balaban J connectivity index is 0. The van der Waals surface area contributed by atoms with Crippen LogP contribution in [0.25, 0.3) is 0 Å². The van der Waals surface area contributed by atoms with Crippen molar-refractivity contribution in [3.05, 3.63) is 12.2 Å². The average Bonchev–Trinajstić information content (AvgIpc) is 2.50. The first-order chi connectivity index (χ1) is 10.8. The number of halogens is 1. The molecule has 0 saturated carbocycles. The van der Waals surface area contributed by atoms with E-state index in [0.717, 1.165) is 0 Å². The van der Waals surface area contributed by atoms with Crippen molar-refractivity contribution < 1.29 is 21.9 Å². The molecule has 0 aromatic carbocycles. The molecule has 0 rings (SSSR count). The van der Waals surface area contributed by atoms with Crippen LogP contribution in [0.1, 0.15) is 103 Å². The molecule has 0 radical (unpaired) electrons. The first-order valence-corrected chi connectivity index (χ1v) is 10.2. The third-order valence-electron chi connectivity index (χ3n) is 4.42. The van der Waals surface area contributed by atoms with Gasteiger partial charge in [0, 0.05) is 0 Å². The SMILES string of the molecule is CCCCCCCCCCCCCCCCC=CC[NH+](C)C.[Br-]. The fourth-order valence-corrected chi connectivity index (χ4v) is 2.89. The van der Waals surface area contributed by atoms with Crippen LogP contribution < -0.4 is 21.9 Å². The minimum atomic E-state index is 0. The van der Waals surface area contributed by atoms with Gasteiger partial charge >= 0.3 is 0 Å². The zero-order valence-electron chi connectivity index (χ0n) is 16.3. The van der Waals surface area contributed by atoms with Crippen LogP contribution in [0.4, 0.5) is 0 Å². The van der Waals surface area contributed by atoms with Gasteiger partial charge in [-0.05, 0) is 18.9 Å². The fraction of sp³-hybridized carbons (Fsp3) is 0.905. The van der Waals surface area contributed by atoms with E-state index < -0.39 is 0 Å². The van der Waals surface area contributed by atoms with Crippen LogP contribution >= 0.6 is 0 Å². The van der Waals surface area contributed by atoms with Gasteiger partial charge in [0.15, 0.2) is 0 Å². The molecule has 0 heterocycles. The number of allylic oxidation sites excluding steroid dienone is 1. The first-order valence-electron chi connectivity index (χ1n) is 10.2. The zero-order valence-corrected chi connectivity index (χ0v) is 17.9. The van der Waals surface area contributed by atoms with Crippen molar-refractivity contribution in [3.63, 3.8) is 0 Å². The van der Waals surface area contributed by atoms with Gasteiger partial charge in [-0.2, -0.15) is 0 Å². The van der Waals surface area contributed by atoms with E-state index in [2.05, 4.69) is 33.2 Å². The molecule has 0 fully saturated rings. The van der Waals surface area contributed by atoms with E-state index >= 15 is 0 Å². The Labute approximate surface area is 158 Å². The molecule has 0 aliphatic rings. The summed E-state index contributed by atoms with van der Waals surface area (Å²) in [7, 11) is 4.41. The van der Waals surface area contributed by atoms with Crippen LogP contribution in [0.15, 0.2) is 12.2 Å². The van der Waals surface area contributed by atoms with Gasteiger partial charge in [-0.25, -0.2) is 0 Å². The summed E-state index contributed by atoms with van der Waals surface area (Å²) in [5, 5.41) is 0. The van der Waals surface area contributed by atoms with Gasteiger partial charge in [0.25, 0.3) is 0 Å². The number of unbranched alkanes of at least 4 members (excludes halogenated alkanes) is 14. The van der Waals surface area contributed by atoms with Crippen molar-refractivity contribution in [2.75, 3.05) is 20.6 Å². The predicted octanol–water partition coefficient (Wildman–Crippen LogP) is 2.56. The van der Waals surface area contributed by atoms with Crippen molar-refractivity contribution in [1.29, 1.82) is 0 Å². The van der Waals surface area contributed by atoms with Gasteiger partial charge in [-0.3, -0.25) is 0 Å². The highest BCUT2D eigenvalue weighted by molar-refractivity contribution is 4.80. The minimum Gasteiger partial charge on any atom is -1.00 e. The minimum absolute atomic E-state index is 0. The molecule has 140 valence electrons. The summed E-state index contributed by atoms with van der Waals surface area (Å²) < 4.78 is 0. The van der Waals surface area contributed by atoms with Crippen LogP contribution in [0.2, 0.25) is 0 Å². The molecule has 0 spiro atoms. The van der Waals surface area contributed by atoms with Crippen LogP contribution in [-0.2, 0) is 0 Å². The second-order valence-corrected chi connectivity index (χ2v) is 7.27. The number of quaternary nitrogens is 1. The third-order valence-corrected chi connectivity index (χ3v) is 4.42. The van der Waals surface area contributed by atoms with Gasteiger partial charge in [-0.1, -0.05) is 96.5 Å². The number of hydrogen-bond acceptors (Lipinski definition) is 0. The van der Waals surface area contributed by atoms with Gasteiger partial charge in [-0.15, -0.1) is 0 Å². The molecular formula is C21H44BrN. The second kappa shape index (κ2) is 22.2. The molecule has 1 nitrogen and oxygen atoms in total. The van der Waals surface area contributed by atoms with E-state index in [4.69, 9.17) is 0 Å². The number of likely N-dealkylation sites (N-methyl/N-ethyl adjacent to an activating group) is 1. The van der Waals surface area contributed by atoms with E-state index in [0.29, 0.717) is 0 Å². The monoisotopic (exact) mass is 389 g/mol. The molecule has 2 heteroatoms. The molecule has 0 atom stereocenters. The summed E-state index contributed by atoms with van der Waals surface area (Å²) >= 11 is 0. The topological polar surface area (TPSA) is 4.44 Å². The summed E-state index contributed by atoms with van der Waals surface area (Å²) in [4.78, 5) is 1.51. The molecule has 1 N–H and O–H groups in total. The predicted molar refractivity (Wildman–Crippen MR) is 102 cm³/mol. The molecule has 0 unspecified atom stereocenters. The third kappa shape index (κ3) is 24.6. The lowest BCUT2D eigenvalue weighted by molar-refractivity contribution is -0.851. The van der Waals surface area contributed by atoms with Crippen LogP contribution in [0.5, 0.6) is 0 Å². The summed E-state index contributed by atoms with van der Waals surface area (Å²) in [6, 6.07) is 0. The highest BCUT2D eigenvalue weighted by Crippen LogP contribution is 2.13. The molecular weight excluding hydrogens is 346 g/mol. The van der Waals surface area contributed by atoms with Crippen LogP contribution in [0, 0.1) is 0 Å². The molecule has 0 aromatic rings. The van der Waals surface area contributed by atoms with Crippen molar-refractivity contribution in [2.45, 2.75) is 103 Å². The van der Waals surface area contributed by atoms with Crippen molar-refractivity contribution in [1.82, 2.24) is 0 Å². The highest BCUT2D eigenvalue weighted by atomic mass is 79.9. The second-order valence-electron chi connectivity index (χ2n) is 7.27. The molecule has 0 saturated heterocycles. The van der Waals surface area contributed by atoms with Crippen molar-refractivity contribution in [3.8, 4) is 0 Å². The lowest BCUT2D eigenvalue weighted by Gasteiger charge is -2.03. The zero-order chi connectivity index (χ0) is 16.3. The summed E-state index contributed by atoms with van der Waals surface area (Å²) in [5.41, 5.74) is 0. The Bertz CT molecular complexity index is 226. The van der Waals surface area contributed by atoms with Crippen LogP contribution in [0.3, 0.4) is 0 Å². The highest BCUT2D eigenvalue weighted by Gasteiger charge is 1.93. The Hall–Kier alpha value is 0.180. The summed E-state index contributed by atoms with van der Waals surface area (Å²) in [6.07, 6.45) is 26.3. The average molecular weight is 390 g/mol. The lowest BCUT2D eigenvalue weighted by atomic mass is 10.0. The molecule has 0 amide bonds. The normalized spacial score (nSPS) is 11.3. The maximum atomic E-state index is 2.37. The van der Waals surface area contributed by atoms with Crippen molar-refractivity contribution in [2.24, 2.45) is 0 Å². The molecule has 23 heavy (non-hydrogen) atoms. The number of nitrogens with one attached hydrogen (secondary N) is 1. The summed E-state index contributed by atoms with van der Waals surface area (Å²) in [6.45, 7) is 3.46. The van der Waals surface area contributed by atoms with E-state index in [1.807, 2.05) is 0 Å². The van der Waals surface area contributed by atoms with Gasteiger partial charge in [0.05, 0.1) is 20.6 Å². The van der Waals surface area contributed by atoms with E-state index in [9.17, 15) is 0 Å². The van der Waals surface area contributed by atoms with E-state index in [-0.39, 0.29) is 17.0 Å². The Morgan fingerprint density at radius 2 is 0.957 bits per heavy atom. The maximum Gasteiger partial charge on any atom is 0.0953 e. The van der Waals surface area contributed by atoms with Gasteiger partial charge < -0.3 is 21.9 Å². The Morgan fingerprint density at radius 1 is 0.565 bits per heavy atom. The number of rotatable bonds is 17.